The third-order valence-electron chi connectivity index (χ3n) is 4.26. The lowest BCUT2D eigenvalue weighted by Crippen LogP contribution is -2.39. The molecule has 1 N–H and O–H groups in total. The van der Waals surface area contributed by atoms with Gasteiger partial charge in [0.2, 0.25) is 5.91 Å². The van der Waals surface area contributed by atoms with Crippen LogP contribution >= 0.6 is 11.3 Å². The highest BCUT2D eigenvalue weighted by atomic mass is 32.1. The number of rotatable bonds is 4. The molecule has 0 aliphatic carbocycles. The Kier molecular flexibility index (Phi) is 4.34. The molecule has 0 saturated carbocycles. The molecule has 6 nitrogen and oxygen atoms in total. The summed E-state index contributed by atoms with van der Waals surface area (Å²) in [5.41, 5.74) is 1.25. The molecule has 0 spiro atoms. The number of fused-ring (bicyclic) bond motifs is 1. The van der Waals surface area contributed by atoms with Crippen molar-refractivity contribution in [2.45, 2.75) is 19.3 Å². The molecule has 0 bridgehead atoms. The molecule has 0 fully saturated rings. The summed E-state index contributed by atoms with van der Waals surface area (Å²) in [5, 5.41) is 4.68. The number of nitrogens with one attached hydrogen (secondary N) is 1. The van der Waals surface area contributed by atoms with Crippen molar-refractivity contribution in [1.29, 1.82) is 0 Å². The number of thiophene rings is 1. The fourth-order valence-corrected chi connectivity index (χ4v) is 3.48. The molecule has 0 atom stereocenters. The topological polar surface area (TPSA) is 75.7 Å². The summed E-state index contributed by atoms with van der Waals surface area (Å²) >= 11 is 1.36. The Morgan fingerprint density at radius 3 is 2.68 bits per heavy atom. The van der Waals surface area contributed by atoms with Gasteiger partial charge >= 0.3 is 5.97 Å². The van der Waals surface area contributed by atoms with E-state index in [-0.39, 0.29) is 18.4 Å². The lowest BCUT2D eigenvalue weighted by Gasteiger charge is -2.19. The molecule has 1 aliphatic rings. The predicted octanol–water partition coefficient (Wildman–Crippen LogP) is 2.80. The van der Waals surface area contributed by atoms with Gasteiger partial charge in [-0.25, -0.2) is 0 Å². The number of carbonyl (C=O) groups is 3. The molecule has 0 saturated heterocycles. The molecule has 7 heteroatoms. The molecule has 2 heterocycles. The average molecular weight is 358 g/mol. The summed E-state index contributed by atoms with van der Waals surface area (Å²) in [5.74, 6) is -0.842. The van der Waals surface area contributed by atoms with Crippen LogP contribution in [0.25, 0.3) is 0 Å². The normalized spacial score (nSPS) is 15.0. The molecule has 2 aromatic rings. The van der Waals surface area contributed by atoms with Gasteiger partial charge in [-0.15, -0.1) is 11.3 Å². The minimum Gasteiger partial charge on any atom is -0.468 e. The second-order valence-electron chi connectivity index (χ2n) is 6.26. The largest absolute Gasteiger partial charge is 0.468 e. The lowest BCUT2D eigenvalue weighted by molar-refractivity contribution is -0.140. The fraction of sp³-hybridized carbons (Fsp3) is 0.278. The zero-order valence-electron chi connectivity index (χ0n) is 14.2. The second kappa shape index (κ2) is 6.33. The summed E-state index contributed by atoms with van der Waals surface area (Å²) in [4.78, 5) is 38.5. The molecule has 1 aliphatic heterocycles. The summed E-state index contributed by atoms with van der Waals surface area (Å²) < 4.78 is 4.67. The van der Waals surface area contributed by atoms with Gasteiger partial charge in [0.1, 0.15) is 6.54 Å². The van der Waals surface area contributed by atoms with Crippen molar-refractivity contribution in [3.63, 3.8) is 0 Å². The highest BCUT2D eigenvalue weighted by molar-refractivity contribution is 7.12. The average Bonchev–Trinajstić information content (AvgIpc) is 3.18. The van der Waals surface area contributed by atoms with Crippen LogP contribution in [0.2, 0.25) is 0 Å². The van der Waals surface area contributed by atoms with Gasteiger partial charge in [-0.2, -0.15) is 0 Å². The van der Waals surface area contributed by atoms with E-state index < -0.39 is 11.4 Å². The second-order valence-corrected chi connectivity index (χ2v) is 7.20. The van der Waals surface area contributed by atoms with Gasteiger partial charge in [-0.3, -0.25) is 14.4 Å². The molecule has 0 radical (unpaired) electrons. The number of anilines is 2. The maximum Gasteiger partial charge on any atom is 0.325 e. The van der Waals surface area contributed by atoms with E-state index in [0.29, 0.717) is 16.3 Å². The molecular weight excluding hydrogens is 340 g/mol. The van der Waals surface area contributed by atoms with Crippen LogP contribution in [-0.2, 0) is 19.7 Å². The Balaban J connectivity index is 1.91. The molecule has 2 amide bonds. The van der Waals surface area contributed by atoms with Gasteiger partial charge in [0.15, 0.2) is 0 Å². The van der Waals surface area contributed by atoms with Gasteiger partial charge in [0.25, 0.3) is 5.91 Å². The van der Waals surface area contributed by atoms with Crippen molar-refractivity contribution in [3.8, 4) is 0 Å². The van der Waals surface area contributed by atoms with Gasteiger partial charge in [0, 0.05) is 11.4 Å². The first kappa shape index (κ1) is 17.2. The van der Waals surface area contributed by atoms with Crippen LogP contribution in [0.1, 0.15) is 29.1 Å². The Bertz CT molecular complexity index is 843. The first-order valence-corrected chi connectivity index (χ1v) is 8.60. The molecule has 1 aromatic heterocycles. The van der Waals surface area contributed by atoms with Crippen LogP contribution in [0.4, 0.5) is 11.4 Å². The van der Waals surface area contributed by atoms with E-state index in [2.05, 4.69) is 10.1 Å². The molecule has 1 aromatic carbocycles. The summed E-state index contributed by atoms with van der Waals surface area (Å²) in [6.07, 6.45) is 0. The van der Waals surface area contributed by atoms with Crippen LogP contribution in [-0.4, -0.2) is 31.4 Å². The maximum absolute atomic E-state index is 12.7. The van der Waals surface area contributed by atoms with Crippen LogP contribution < -0.4 is 10.2 Å². The lowest BCUT2D eigenvalue weighted by atomic mass is 9.86. The van der Waals surface area contributed by atoms with E-state index in [1.807, 2.05) is 11.4 Å². The zero-order valence-corrected chi connectivity index (χ0v) is 15.0. The summed E-state index contributed by atoms with van der Waals surface area (Å²) in [6.45, 7) is 3.47. The molecular formula is C18H18N2O4S. The Morgan fingerprint density at radius 1 is 1.28 bits per heavy atom. The highest BCUT2D eigenvalue weighted by Gasteiger charge is 2.44. The number of hydrogen-bond donors (Lipinski definition) is 1. The first-order chi connectivity index (χ1) is 11.8. The van der Waals surface area contributed by atoms with E-state index in [9.17, 15) is 14.4 Å². The van der Waals surface area contributed by atoms with Crippen molar-refractivity contribution in [3.05, 3.63) is 46.2 Å². The van der Waals surface area contributed by atoms with E-state index in [1.165, 1.54) is 23.3 Å². The number of amides is 2. The van der Waals surface area contributed by atoms with E-state index in [4.69, 9.17) is 0 Å². The van der Waals surface area contributed by atoms with Crippen molar-refractivity contribution >= 4 is 40.5 Å². The monoisotopic (exact) mass is 358 g/mol. The Morgan fingerprint density at radius 2 is 2.04 bits per heavy atom. The first-order valence-electron chi connectivity index (χ1n) is 7.72. The predicted molar refractivity (Wildman–Crippen MR) is 96.1 cm³/mol. The molecule has 0 unspecified atom stereocenters. The van der Waals surface area contributed by atoms with Crippen molar-refractivity contribution in [2.75, 3.05) is 23.9 Å². The van der Waals surface area contributed by atoms with E-state index in [1.54, 1.807) is 38.1 Å². The number of methoxy groups -OCH3 is 1. The number of esters is 1. The standard InChI is InChI=1S/C18H18N2O4S/c1-18(2)12-9-11(19-16(22)14-5-4-8-25-14)6-7-13(12)20(17(18)23)10-15(21)24-3/h4-9H,10H2,1-3H3,(H,19,22). The molecule has 25 heavy (non-hydrogen) atoms. The van der Waals surface area contributed by atoms with Crippen molar-refractivity contribution in [1.82, 2.24) is 0 Å². The smallest absolute Gasteiger partial charge is 0.325 e. The van der Waals surface area contributed by atoms with Crippen LogP contribution in [0.15, 0.2) is 35.7 Å². The van der Waals surface area contributed by atoms with E-state index >= 15 is 0 Å². The zero-order chi connectivity index (χ0) is 18.2. The van der Waals surface area contributed by atoms with Crippen LogP contribution in [0.3, 0.4) is 0 Å². The SMILES string of the molecule is COC(=O)CN1C(=O)C(C)(C)c2cc(NC(=O)c3cccs3)ccc21. The summed E-state index contributed by atoms with van der Waals surface area (Å²) in [6, 6.07) is 8.82. The van der Waals surface area contributed by atoms with Gasteiger partial charge < -0.3 is 15.0 Å². The fourth-order valence-electron chi connectivity index (χ4n) is 2.86. The number of ether oxygens (including phenoxy) is 1. The Hall–Kier alpha value is -2.67. The third-order valence-corrected chi connectivity index (χ3v) is 5.13. The number of hydrogen-bond acceptors (Lipinski definition) is 5. The molecule has 130 valence electrons. The minimum absolute atomic E-state index is 0.132. The van der Waals surface area contributed by atoms with Crippen LogP contribution in [0.5, 0.6) is 0 Å². The molecule has 3 rings (SSSR count). The van der Waals surface area contributed by atoms with Gasteiger partial charge in [0.05, 0.1) is 17.4 Å². The minimum atomic E-state index is -0.785. The number of nitrogens with zero attached hydrogens (tertiary/aromatic N) is 1. The summed E-state index contributed by atoms with van der Waals surface area (Å²) in [7, 11) is 1.29. The van der Waals surface area contributed by atoms with Gasteiger partial charge in [-0.1, -0.05) is 6.07 Å². The highest BCUT2D eigenvalue weighted by Crippen LogP contribution is 2.42. The number of carbonyl (C=O) groups excluding carboxylic acids is 3. The maximum atomic E-state index is 12.7. The van der Waals surface area contributed by atoms with Crippen molar-refractivity contribution < 1.29 is 19.1 Å². The van der Waals surface area contributed by atoms with Crippen molar-refractivity contribution in [2.24, 2.45) is 0 Å². The van der Waals surface area contributed by atoms with Crippen LogP contribution in [0, 0.1) is 0 Å². The van der Waals surface area contributed by atoms with Gasteiger partial charge in [-0.05, 0) is 49.1 Å². The Labute approximate surface area is 149 Å². The third kappa shape index (κ3) is 3.02. The van der Waals surface area contributed by atoms with E-state index in [0.717, 1.165) is 5.56 Å². The quantitative estimate of drug-likeness (QED) is 0.853. The number of benzene rings is 1.